The predicted octanol–water partition coefficient (Wildman–Crippen LogP) is -0.554. The van der Waals surface area contributed by atoms with E-state index in [0.29, 0.717) is 0 Å². The van der Waals surface area contributed by atoms with Crippen molar-refractivity contribution >= 4 is 21.2 Å². The van der Waals surface area contributed by atoms with Crippen molar-refractivity contribution in [1.29, 1.82) is 0 Å². The van der Waals surface area contributed by atoms with E-state index in [1.165, 1.54) is 9.91 Å². The van der Waals surface area contributed by atoms with E-state index >= 15 is 0 Å². The minimum atomic E-state index is 0.744. The molecule has 1 atom stereocenters. The van der Waals surface area contributed by atoms with Crippen LogP contribution in [0.4, 0.5) is 0 Å². The average molecular weight is 197 g/mol. The fourth-order valence-corrected chi connectivity index (χ4v) is 1.25. The first-order valence-corrected chi connectivity index (χ1v) is 4.58. The Morgan fingerprint density at radius 1 is 1.20 bits per heavy atom. The molecule has 0 bridgehead atoms. The van der Waals surface area contributed by atoms with Crippen LogP contribution in [0, 0.1) is 0 Å². The Hall–Kier alpha value is -0.262. The molecule has 0 aliphatic carbocycles. The quantitative estimate of drug-likeness (QED) is 0.632. The van der Waals surface area contributed by atoms with E-state index in [4.69, 9.17) is 5.73 Å². The molecule has 2 N–H and O–H groups in total. The van der Waals surface area contributed by atoms with Gasteiger partial charge >= 0.3 is 69.7 Å². The first kappa shape index (κ1) is 7.84. The zero-order valence-corrected chi connectivity index (χ0v) is 8.30. The van der Waals surface area contributed by atoms with Crippen LogP contribution in [0.1, 0.15) is 5.56 Å². The van der Waals surface area contributed by atoms with E-state index in [1.807, 2.05) is 0 Å². The van der Waals surface area contributed by atoms with Gasteiger partial charge in [-0.1, -0.05) is 0 Å². The SMILES string of the molecule is NCCc1ccc([AsH2])cc1. The van der Waals surface area contributed by atoms with Crippen molar-refractivity contribution in [1.82, 2.24) is 0 Å². The van der Waals surface area contributed by atoms with Crippen LogP contribution < -0.4 is 10.1 Å². The number of rotatable bonds is 2. The zero-order chi connectivity index (χ0) is 7.40. The van der Waals surface area contributed by atoms with E-state index in [0.717, 1.165) is 13.0 Å². The van der Waals surface area contributed by atoms with Crippen LogP contribution >= 0.6 is 0 Å². The van der Waals surface area contributed by atoms with Gasteiger partial charge in [-0.05, 0) is 0 Å². The fraction of sp³-hybridized carbons (Fsp3) is 0.250. The van der Waals surface area contributed by atoms with Crippen LogP contribution in [0.5, 0.6) is 0 Å². The van der Waals surface area contributed by atoms with Crippen LogP contribution in [0.15, 0.2) is 24.3 Å². The van der Waals surface area contributed by atoms with Crippen molar-refractivity contribution in [2.75, 3.05) is 6.54 Å². The second-order valence-electron chi connectivity index (χ2n) is 2.28. The molecular weight excluding hydrogens is 185 g/mol. The topological polar surface area (TPSA) is 26.0 Å². The molecule has 0 amide bonds. The maximum atomic E-state index is 5.40. The predicted molar refractivity (Wildman–Crippen MR) is 47.4 cm³/mol. The van der Waals surface area contributed by atoms with Crippen LogP contribution in [-0.4, -0.2) is 23.4 Å². The molecule has 0 heterocycles. The second kappa shape index (κ2) is 3.80. The Kier molecular flexibility index (Phi) is 2.98. The summed E-state index contributed by atoms with van der Waals surface area (Å²) in [7, 11) is 0. The summed E-state index contributed by atoms with van der Waals surface area (Å²) in [6, 6.07) is 8.57. The summed E-state index contributed by atoms with van der Waals surface area (Å²) in [5, 5.41) is 0. The Bertz CT molecular complexity index is 193. The molecular formula is C8H12AsN. The summed E-state index contributed by atoms with van der Waals surface area (Å²) < 4.78 is 1.37. The van der Waals surface area contributed by atoms with Gasteiger partial charge in [0, 0.05) is 0 Å². The standard InChI is InChI=1S/C8H12AsN/c9-8-3-1-7(2-4-8)5-6-10/h1-4H,5-6,9-10H2. The number of hydrogen-bond acceptors (Lipinski definition) is 1. The molecule has 1 unspecified atom stereocenters. The molecule has 0 aromatic heterocycles. The third-order valence-corrected chi connectivity index (χ3v) is 2.22. The molecule has 0 fully saturated rings. The molecule has 54 valence electrons. The average Bonchev–Trinajstić information content (AvgIpc) is 1.95. The second-order valence-corrected chi connectivity index (χ2v) is 3.68. The summed E-state index contributed by atoms with van der Waals surface area (Å²) in [5.74, 6) is 0. The molecule has 0 aliphatic heterocycles. The molecule has 1 aromatic rings. The van der Waals surface area contributed by atoms with Gasteiger partial charge in [0.15, 0.2) is 0 Å². The molecule has 1 aromatic carbocycles. The molecule has 10 heavy (non-hydrogen) atoms. The molecule has 0 radical (unpaired) electrons. The summed E-state index contributed by atoms with van der Waals surface area (Å²) in [6.07, 6.45) is 0.993. The molecule has 0 saturated carbocycles. The molecule has 1 nitrogen and oxygen atoms in total. The van der Waals surface area contributed by atoms with E-state index in [2.05, 4.69) is 24.3 Å². The number of hydrogen-bond donors (Lipinski definition) is 1. The van der Waals surface area contributed by atoms with E-state index < -0.39 is 0 Å². The summed E-state index contributed by atoms with van der Waals surface area (Å²) >= 11 is 1.66. The Labute approximate surface area is 70.1 Å². The molecule has 0 saturated heterocycles. The first-order valence-electron chi connectivity index (χ1n) is 3.37. The Morgan fingerprint density at radius 3 is 2.30 bits per heavy atom. The van der Waals surface area contributed by atoms with Crippen LogP contribution in [0.2, 0.25) is 0 Å². The van der Waals surface area contributed by atoms with Crippen molar-refractivity contribution in [2.24, 2.45) is 5.73 Å². The summed E-state index contributed by atoms with van der Waals surface area (Å²) in [4.78, 5) is 0. The summed E-state index contributed by atoms with van der Waals surface area (Å²) in [5.41, 5.74) is 6.74. The van der Waals surface area contributed by atoms with Crippen molar-refractivity contribution < 1.29 is 0 Å². The molecule has 0 spiro atoms. The van der Waals surface area contributed by atoms with Gasteiger partial charge in [0.05, 0.1) is 0 Å². The van der Waals surface area contributed by atoms with Gasteiger partial charge in [-0.2, -0.15) is 0 Å². The third kappa shape index (κ3) is 2.17. The van der Waals surface area contributed by atoms with E-state index in [9.17, 15) is 0 Å². The minimum absolute atomic E-state index is 0.744. The first-order chi connectivity index (χ1) is 4.83. The van der Waals surface area contributed by atoms with Gasteiger partial charge in [-0.3, -0.25) is 0 Å². The number of benzene rings is 1. The molecule has 1 rings (SSSR count). The van der Waals surface area contributed by atoms with Crippen LogP contribution in [0.25, 0.3) is 0 Å². The summed E-state index contributed by atoms with van der Waals surface area (Å²) in [6.45, 7) is 0.744. The van der Waals surface area contributed by atoms with Crippen molar-refractivity contribution in [2.45, 2.75) is 6.42 Å². The van der Waals surface area contributed by atoms with Gasteiger partial charge < -0.3 is 0 Å². The van der Waals surface area contributed by atoms with Gasteiger partial charge in [0.1, 0.15) is 0 Å². The molecule has 2 heteroatoms. The third-order valence-electron chi connectivity index (χ3n) is 1.41. The van der Waals surface area contributed by atoms with Gasteiger partial charge in [0.25, 0.3) is 0 Å². The zero-order valence-electron chi connectivity index (χ0n) is 5.88. The van der Waals surface area contributed by atoms with Crippen molar-refractivity contribution in [3.05, 3.63) is 29.8 Å². The van der Waals surface area contributed by atoms with E-state index in [-0.39, 0.29) is 0 Å². The number of nitrogens with two attached hydrogens (primary N) is 1. The van der Waals surface area contributed by atoms with Gasteiger partial charge in [-0.25, -0.2) is 0 Å². The van der Waals surface area contributed by atoms with Gasteiger partial charge in [-0.15, -0.1) is 0 Å². The van der Waals surface area contributed by atoms with Crippen molar-refractivity contribution in [3.8, 4) is 0 Å². The van der Waals surface area contributed by atoms with Crippen LogP contribution in [0.3, 0.4) is 0 Å². The Morgan fingerprint density at radius 2 is 1.80 bits per heavy atom. The van der Waals surface area contributed by atoms with Crippen molar-refractivity contribution in [3.63, 3.8) is 0 Å². The van der Waals surface area contributed by atoms with Gasteiger partial charge in [0.2, 0.25) is 0 Å². The van der Waals surface area contributed by atoms with E-state index in [1.54, 1.807) is 16.9 Å². The monoisotopic (exact) mass is 197 g/mol. The fourth-order valence-electron chi connectivity index (χ4n) is 0.851. The Balaban J connectivity index is 2.69. The van der Waals surface area contributed by atoms with Crippen LogP contribution in [-0.2, 0) is 6.42 Å². The molecule has 0 aliphatic rings. The maximum absolute atomic E-state index is 5.40. The normalized spacial score (nSPS) is 9.80.